The Bertz CT molecular complexity index is 462. The monoisotopic (exact) mass is 356 g/mol. The van der Waals surface area contributed by atoms with E-state index in [0.29, 0.717) is 11.8 Å². The molecule has 2 heterocycles. The zero-order chi connectivity index (χ0) is 13.9. The number of carbonyl (C=O) groups excluding carboxylic acids is 1. The highest BCUT2D eigenvalue weighted by Crippen LogP contribution is 2.27. The van der Waals surface area contributed by atoms with E-state index in [1.54, 1.807) is 11.3 Å². The first-order valence-electron chi connectivity index (χ1n) is 7.48. The van der Waals surface area contributed by atoms with Gasteiger partial charge in [0.25, 0.3) is 0 Å². The summed E-state index contributed by atoms with van der Waals surface area (Å²) in [6, 6.07) is 4.30. The van der Waals surface area contributed by atoms with Gasteiger partial charge in [-0.05, 0) is 40.9 Å². The molecule has 1 aliphatic heterocycles. The minimum Gasteiger partial charge on any atom is -0.340 e. The Hall–Kier alpha value is -0.390. The molecule has 1 aliphatic carbocycles. The molecule has 1 aromatic rings. The molecule has 20 heavy (non-hydrogen) atoms. The molecule has 0 aromatic carbocycles. The molecule has 3 rings (SSSR count). The van der Waals surface area contributed by atoms with E-state index in [4.69, 9.17) is 0 Å². The third kappa shape index (κ3) is 3.43. The van der Waals surface area contributed by atoms with Gasteiger partial charge in [-0.1, -0.05) is 12.8 Å². The average Bonchev–Trinajstić information content (AvgIpc) is 3.11. The molecule has 2 fully saturated rings. The van der Waals surface area contributed by atoms with Gasteiger partial charge in [0, 0.05) is 43.5 Å². The van der Waals surface area contributed by atoms with Gasteiger partial charge in [-0.3, -0.25) is 9.69 Å². The summed E-state index contributed by atoms with van der Waals surface area (Å²) in [6.45, 7) is 4.84. The lowest BCUT2D eigenvalue weighted by Gasteiger charge is -2.35. The minimum atomic E-state index is 0.329. The Morgan fingerprint density at radius 2 is 1.90 bits per heavy atom. The van der Waals surface area contributed by atoms with Crippen LogP contribution in [-0.2, 0) is 11.3 Å². The van der Waals surface area contributed by atoms with Crippen LogP contribution >= 0.6 is 27.3 Å². The number of halogens is 1. The van der Waals surface area contributed by atoms with Crippen LogP contribution in [-0.4, -0.2) is 41.9 Å². The Kier molecular flexibility index (Phi) is 4.79. The molecule has 1 aromatic heterocycles. The summed E-state index contributed by atoms with van der Waals surface area (Å²) < 4.78 is 1.20. The van der Waals surface area contributed by atoms with Gasteiger partial charge in [-0.25, -0.2) is 0 Å². The van der Waals surface area contributed by atoms with Crippen molar-refractivity contribution >= 4 is 33.2 Å². The van der Waals surface area contributed by atoms with Crippen LogP contribution in [0.1, 0.15) is 30.6 Å². The molecule has 1 saturated heterocycles. The lowest BCUT2D eigenvalue weighted by Crippen LogP contribution is -2.49. The summed E-state index contributed by atoms with van der Waals surface area (Å²) in [4.78, 5) is 18.3. The largest absolute Gasteiger partial charge is 0.340 e. The van der Waals surface area contributed by atoms with Crippen molar-refractivity contribution in [3.05, 3.63) is 20.8 Å². The maximum absolute atomic E-state index is 12.4. The quantitative estimate of drug-likeness (QED) is 0.828. The van der Waals surface area contributed by atoms with E-state index in [-0.39, 0.29) is 0 Å². The fourth-order valence-corrected chi connectivity index (χ4v) is 4.74. The molecule has 110 valence electrons. The number of amides is 1. The third-order valence-electron chi connectivity index (χ3n) is 4.40. The minimum absolute atomic E-state index is 0.329. The predicted molar refractivity (Wildman–Crippen MR) is 85.8 cm³/mol. The highest BCUT2D eigenvalue weighted by Gasteiger charge is 2.29. The number of carbonyl (C=O) groups is 1. The summed E-state index contributed by atoms with van der Waals surface area (Å²) in [5.41, 5.74) is 0. The molecule has 5 heteroatoms. The summed E-state index contributed by atoms with van der Waals surface area (Å²) in [6.07, 6.45) is 4.71. The second-order valence-corrected chi connectivity index (χ2v) is 8.34. The van der Waals surface area contributed by atoms with Crippen molar-refractivity contribution in [1.29, 1.82) is 0 Å². The third-order valence-corrected chi connectivity index (χ3v) is 6.01. The SMILES string of the molecule is O=C(C1CCCC1)N1CCN(Cc2ccc(Br)s2)CC1. The standard InChI is InChI=1S/C15H21BrN2OS/c16-14-6-5-13(20-14)11-17-7-9-18(10-8-17)15(19)12-3-1-2-4-12/h5-6,12H,1-4,7-11H2. The lowest BCUT2D eigenvalue weighted by atomic mass is 10.1. The fourth-order valence-electron chi connectivity index (χ4n) is 3.21. The van der Waals surface area contributed by atoms with E-state index >= 15 is 0 Å². The molecular weight excluding hydrogens is 336 g/mol. The van der Waals surface area contributed by atoms with Gasteiger partial charge in [0.15, 0.2) is 0 Å². The topological polar surface area (TPSA) is 23.6 Å². The van der Waals surface area contributed by atoms with Crippen molar-refractivity contribution in [2.45, 2.75) is 32.2 Å². The maximum Gasteiger partial charge on any atom is 0.225 e. The van der Waals surface area contributed by atoms with E-state index in [1.165, 1.54) is 21.5 Å². The second-order valence-electron chi connectivity index (χ2n) is 5.79. The Morgan fingerprint density at radius 1 is 1.20 bits per heavy atom. The van der Waals surface area contributed by atoms with Crippen molar-refractivity contribution in [2.75, 3.05) is 26.2 Å². The molecule has 0 spiro atoms. The fraction of sp³-hybridized carbons (Fsp3) is 0.667. The zero-order valence-corrected chi connectivity index (χ0v) is 14.1. The van der Waals surface area contributed by atoms with Crippen LogP contribution in [0.15, 0.2) is 15.9 Å². The smallest absolute Gasteiger partial charge is 0.225 e. The maximum atomic E-state index is 12.4. The molecule has 0 unspecified atom stereocenters. The number of hydrogen-bond donors (Lipinski definition) is 0. The normalized spacial score (nSPS) is 21.6. The Morgan fingerprint density at radius 3 is 2.50 bits per heavy atom. The second kappa shape index (κ2) is 6.58. The van der Waals surface area contributed by atoms with Gasteiger partial charge in [0.05, 0.1) is 3.79 Å². The van der Waals surface area contributed by atoms with E-state index < -0.39 is 0 Å². The van der Waals surface area contributed by atoms with E-state index in [2.05, 4.69) is 37.9 Å². The van der Waals surface area contributed by atoms with Crippen LogP contribution in [0.5, 0.6) is 0 Å². The molecule has 0 bridgehead atoms. The first-order chi connectivity index (χ1) is 9.72. The molecule has 0 radical (unpaired) electrons. The number of piperazine rings is 1. The van der Waals surface area contributed by atoms with Gasteiger partial charge in [0.1, 0.15) is 0 Å². The van der Waals surface area contributed by atoms with E-state index in [9.17, 15) is 4.79 Å². The number of thiophene rings is 1. The van der Waals surface area contributed by atoms with Gasteiger partial charge >= 0.3 is 0 Å². The Balaban J connectivity index is 1.48. The van der Waals surface area contributed by atoms with Gasteiger partial charge in [-0.2, -0.15) is 0 Å². The molecule has 0 atom stereocenters. The van der Waals surface area contributed by atoms with Crippen LogP contribution in [0.2, 0.25) is 0 Å². The van der Waals surface area contributed by atoms with Crippen LogP contribution in [0.4, 0.5) is 0 Å². The number of hydrogen-bond acceptors (Lipinski definition) is 3. The summed E-state index contributed by atoms with van der Waals surface area (Å²) >= 11 is 5.31. The highest BCUT2D eigenvalue weighted by atomic mass is 79.9. The van der Waals surface area contributed by atoms with Crippen LogP contribution in [0.3, 0.4) is 0 Å². The molecular formula is C15H21BrN2OS. The predicted octanol–water partition coefficient (Wildman–Crippen LogP) is 3.35. The molecule has 0 N–H and O–H groups in total. The van der Waals surface area contributed by atoms with Gasteiger partial charge in [0.2, 0.25) is 5.91 Å². The van der Waals surface area contributed by atoms with Crippen molar-refractivity contribution in [2.24, 2.45) is 5.92 Å². The first-order valence-corrected chi connectivity index (χ1v) is 9.09. The number of nitrogens with zero attached hydrogens (tertiary/aromatic N) is 2. The highest BCUT2D eigenvalue weighted by molar-refractivity contribution is 9.11. The van der Waals surface area contributed by atoms with E-state index in [1.807, 2.05) is 0 Å². The molecule has 2 aliphatic rings. The van der Waals surface area contributed by atoms with Crippen LogP contribution in [0, 0.1) is 5.92 Å². The molecule has 1 amide bonds. The first kappa shape index (κ1) is 14.5. The molecule has 3 nitrogen and oxygen atoms in total. The Labute approximate surface area is 133 Å². The van der Waals surface area contributed by atoms with Crippen molar-refractivity contribution in [1.82, 2.24) is 9.80 Å². The summed E-state index contributed by atoms with van der Waals surface area (Å²) in [5.74, 6) is 0.746. The van der Waals surface area contributed by atoms with Crippen LogP contribution in [0.25, 0.3) is 0 Å². The number of rotatable bonds is 3. The van der Waals surface area contributed by atoms with Crippen LogP contribution < -0.4 is 0 Å². The average molecular weight is 357 g/mol. The molecule has 1 saturated carbocycles. The van der Waals surface area contributed by atoms with Crippen molar-refractivity contribution in [3.8, 4) is 0 Å². The van der Waals surface area contributed by atoms with Gasteiger partial charge in [-0.15, -0.1) is 11.3 Å². The van der Waals surface area contributed by atoms with Crippen molar-refractivity contribution in [3.63, 3.8) is 0 Å². The lowest BCUT2D eigenvalue weighted by molar-refractivity contribution is -0.137. The summed E-state index contributed by atoms with van der Waals surface area (Å²) in [7, 11) is 0. The zero-order valence-electron chi connectivity index (χ0n) is 11.7. The summed E-state index contributed by atoms with van der Waals surface area (Å²) in [5, 5.41) is 0. The van der Waals surface area contributed by atoms with Crippen molar-refractivity contribution < 1.29 is 4.79 Å². The van der Waals surface area contributed by atoms with E-state index in [0.717, 1.165) is 45.6 Å². The van der Waals surface area contributed by atoms with Gasteiger partial charge < -0.3 is 4.90 Å².